The number of hydrazine groups is 1. The molecule has 0 aromatic heterocycles. The molecule has 1 saturated heterocycles. The molecule has 1 aliphatic rings. The molecule has 1 aliphatic heterocycles. The van der Waals surface area contributed by atoms with Crippen molar-refractivity contribution in [3.8, 4) is 0 Å². The number of carbonyl (C=O) groups is 3. The number of nitrogens with zero attached hydrogens (tertiary/aromatic N) is 1. The lowest BCUT2D eigenvalue weighted by atomic mass is 10.2. The van der Waals surface area contributed by atoms with Gasteiger partial charge in [0.05, 0.1) is 4.91 Å². The van der Waals surface area contributed by atoms with Gasteiger partial charge < -0.3 is 0 Å². The van der Waals surface area contributed by atoms with Crippen LogP contribution in [-0.2, 0) is 9.59 Å². The van der Waals surface area contributed by atoms with Crippen LogP contribution in [0.1, 0.15) is 15.9 Å². The third kappa shape index (κ3) is 5.49. The van der Waals surface area contributed by atoms with Crippen molar-refractivity contribution < 1.29 is 18.8 Å². The molecule has 2 N–H and O–H groups in total. The van der Waals surface area contributed by atoms with Crippen LogP contribution >= 0.6 is 39.9 Å². The lowest BCUT2D eigenvalue weighted by molar-refractivity contribution is -0.129. The molecule has 0 unspecified atom stereocenters. The Morgan fingerprint density at radius 2 is 1.90 bits per heavy atom. The Kier molecular flexibility index (Phi) is 6.78. The lowest BCUT2D eigenvalue weighted by Crippen LogP contribution is -2.47. The van der Waals surface area contributed by atoms with Crippen molar-refractivity contribution in [3.63, 3.8) is 0 Å². The second-order valence-electron chi connectivity index (χ2n) is 5.83. The first kappa shape index (κ1) is 21.2. The number of thioether (sulfide) groups is 1. The Morgan fingerprint density at radius 3 is 2.59 bits per heavy atom. The van der Waals surface area contributed by atoms with E-state index >= 15 is 0 Å². The Morgan fingerprint density at radius 1 is 1.17 bits per heavy atom. The predicted molar refractivity (Wildman–Crippen MR) is 116 cm³/mol. The van der Waals surface area contributed by atoms with E-state index in [1.165, 1.54) is 12.1 Å². The second kappa shape index (κ2) is 9.29. The molecule has 6 nitrogen and oxygen atoms in total. The van der Waals surface area contributed by atoms with Gasteiger partial charge in [-0.3, -0.25) is 30.1 Å². The molecule has 2 aromatic rings. The first-order valence-electron chi connectivity index (χ1n) is 8.19. The monoisotopic (exact) mass is 493 g/mol. The number of carbonyl (C=O) groups excluding carboxylic acids is 3. The van der Waals surface area contributed by atoms with Crippen LogP contribution in [0.3, 0.4) is 0 Å². The maximum atomic E-state index is 12.9. The Balaban J connectivity index is 1.58. The summed E-state index contributed by atoms with van der Waals surface area (Å²) >= 11 is 9.66. The van der Waals surface area contributed by atoms with E-state index in [1.807, 2.05) is 24.3 Å². The summed E-state index contributed by atoms with van der Waals surface area (Å²) in [4.78, 5) is 38.2. The highest BCUT2D eigenvalue weighted by molar-refractivity contribution is 9.10. The zero-order chi connectivity index (χ0) is 21.0. The van der Waals surface area contributed by atoms with Crippen LogP contribution < -0.4 is 10.9 Å². The summed E-state index contributed by atoms with van der Waals surface area (Å²) in [6, 6.07) is 12.2. The number of hydrogen-bond donors (Lipinski definition) is 2. The number of thiocarbonyl (C=S) groups is 1. The molecule has 0 radical (unpaired) electrons. The van der Waals surface area contributed by atoms with Crippen LogP contribution in [0.5, 0.6) is 0 Å². The second-order valence-corrected chi connectivity index (χ2v) is 8.42. The van der Waals surface area contributed by atoms with Gasteiger partial charge in [-0.25, -0.2) is 4.39 Å². The third-order valence-corrected chi connectivity index (χ3v) is 5.61. The minimum absolute atomic E-state index is 0.175. The number of amides is 3. The maximum Gasteiger partial charge on any atom is 0.269 e. The van der Waals surface area contributed by atoms with Crippen molar-refractivity contribution in [1.82, 2.24) is 15.8 Å². The van der Waals surface area contributed by atoms with E-state index < -0.39 is 17.6 Å². The summed E-state index contributed by atoms with van der Waals surface area (Å²) in [5.41, 5.74) is 5.42. The average molecular weight is 494 g/mol. The van der Waals surface area contributed by atoms with Crippen molar-refractivity contribution >= 4 is 68.0 Å². The van der Waals surface area contributed by atoms with Gasteiger partial charge in [0.2, 0.25) is 0 Å². The van der Waals surface area contributed by atoms with Crippen molar-refractivity contribution in [2.24, 2.45) is 0 Å². The Hall–Kier alpha value is -2.56. The molecule has 10 heteroatoms. The van der Waals surface area contributed by atoms with Gasteiger partial charge in [0.1, 0.15) is 16.7 Å². The van der Waals surface area contributed by atoms with E-state index in [0.29, 0.717) is 4.91 Å². The van der Waals surface area contributed by atoms with E-state index in [9.17, 15) is 18.8 Å². The zero-order valence-corrected chi connectivity index (χ0v) is 17.9. The molecular weight excluding hydrogens is 481 g/mol. The fourth-order valence-corrected chi connectivity index (χ4v) is 4.04. The molecule has 29 heavy (non-hydrogen) atoms. The zero-order valence-electron chi connectivity index (χ0n) is 14.6. The number of halogens is 2. The van der Waals surface area contributed by atoms with Crippen LogP contribution in [0.15, 0.2) is 57.9 Å². The molecule has 0 saturated carbocycles. The summed E-state index contributed by atoms with van der Waals surface area (Å²) in [6.45, 7) is -0.343. The normalized spacial score (nSPS) is 15.0. The quantitative estimate of drug-likeness (QED) is 0.388. The van der Waals surface area contributed by atoms with Gasteiger partial charge >= 0.3 is 0 Å². The molecule has 1 heterocycles. The van der Waals surface area contributed by atoms with Gasteiger partial charge in [0.25, 0.3) is 17.7 Å². The van der Waals surface area contributed by atoms with Crippen molar-refractivity contribution in [2.45, 2.75) is 0 Å². The van der Waals surface area contributed by atoms with Crippen molar-refractivity contribution in [3.05, 3.63) is 74.9 Å². The van der Waals surface area contributed by atoms with Crippen LogP contribution in [0, 0.1) is 5.82 Å². The van der Waals surface area contributed by atoms with Gasteiger partial charge in [-0.15, -0.1) is 0 Å². The number of benzene rings is 2. The fraction of sp³-hybridized carbons (Fsp3) is 0.0526. The van der Waals surface area contributed by atoms with Crippen molar-refractivity contribution in [1.29, 1.82) is 0 Å². The Bertz CT molecular complexity index is 1030. The summed E-state index contributed by atoms with van der Waals surface area (Å²) in [7, 11) is 0. The molecular formula is C19H13BrFN3O3S2. The predicted octanol–water partition coefficient (Wildman–Crippen LogP) is 3.25. The molecule has 3 rings (SSSR count). The maximum absolute atomic E-state index is 12.9. The molecule has 0 spiro atoms. The smallest absolute Gasteiger partial charge is 0.269 e. The van der Waals surface area contributed by atoms with Crippen LogP contribution in [0.25, 0.3) is 6.08 Å². The highest BCUT2D eigenvalue weighted by Crippen LogP contribution is 2.32. The molecule has 3 amide bonds. The number of rotatable bonds is 4. The third-order valence-electron chi connectivity index (χ3n) is 3.74. The fourth-order valence-electron chi connectivity index (χ4n) is 2.37. The first-order valence-corrected chi connectivity index (χ1v) is 10.2. The summed E-state index contributed by atoms with van der Waals surface area (Å²) in [5, 5.41) is 0. The molecule has 1 fully saturated rings. The Labute approximate surface area is 183 Å². The van der Waals surface area contributed by atoms with Crippen LogP contribution in [-0.4, -0.2) is 33.5 Å². The lowest BCUT2D eigenvalue weighted by Gasteiger charge is -2.14. The minimum Gasteiger partial charge on any atom is -0.283 e. The topological polar surface area (TPSA) is 78.5 Å². The molecule has 148 valence electrons. The minimum atomic E-state index is -0.625. The van der Waals surface area contributed by atoms with Crippen LogP contribution in [0.2, 0.25) is 0 Å². The molecule has 0 bridgehead atoms. The molecule has 0 aliphatic carbocycles. The summed E-state index contributed by atoms with van der Waals surface area (Å²) < 4.78 is 14.0. The average Bonchev–Trinajstić information content (AvgIpc) is 2.94. The molecule has 2 aromatic carbocycles. The standard InChI is InChI=1S/C19H13BrFN3O3S2/c20-13-3-1-2-11(8-13)9-15-18(27)24(19(28)29-15)10-16(25)22-23-17(26)12-4-6-14(21)7-5-12/h1-9H,10H2,(H,22,25)(H,23,26)/b15-9-. The van der Waals surface area contributed by atoms with Gasteiger partial charge in [0, 0.05) is 10.0 Å². The highest BCUT2D eigenvalue weighted by Gasteiger charge is 2.33. The van der Waals surface area contributed by atoms with E-state index in [0.717, 1.165) is 38.8 Å². The first-order chi connectivity index (χ1) is 13.8. The van der Waals surface area contributed by atoms with Crippen LogP contribution in [0.4, 0.5) is 4.39 Å². The highest BCUT2D eigenvalue weighted by atomic mass is 79.9. The largest absolute Gasteiger partial charge is 0.283 e. The van der Waals surface area contributed by atoms with E-state index in [1.54, 1.807) is 6.08 Å². The summed E-state index contributed by atoms with van der Waals surface area (Å²) in [6.07, 6.45) is 1.69. The van der Waals surface area contributed by atoms with Gasteiger partial charge in [0.15, 0.2) is 0 Å². The van der Waals surface area contributed by atoms with Gasteiger partial charge in [-0.05, 0) is 48.0 Å². The van der Waals surface area contributed by atoms with E-state index in [2.05, 4.69) is 26.8 Å². The summed E-state index contributed by atoms with van der Waals surface area (Å²) in [5.74, 6) is -2.10. The van der Waals surface area contributed by atoms with Gasteiger partial charge in [-0.1, -0.05) is 52.0 Å². The number of hydrogen-bond acceptors (Lipinski definition) is 5. The number of nitrogens with one attached hydrogen (secondary N) is 2. The van der Waals surface area contributed by atoms with Gasteiger partial charge in [-0.2, -0.15) is 0 Å². The SMILES string of the molecule is O=C(CN1C(=O)/C(=C/c2cccc(Br)c2)SC1=S)NNC(=O)c1ccc(F)cc1. The molecule has 0 atom stereocenters. The van der Waals surface area contributed by atoms with Crippen molar-refractivity contribution in [2.75, 3.05) is 6.54 Å². The van der Waals surface area contributed by atoms with E-state index in [-0.39, 0.29) is 22.3 Å². The van der Waals surface area contributed by atoms with E-state index in [4.69, 9.17) is 12.2 Å².